The van der Waals surface area contributed by atoms with Crippen molar-refractivity contribution < 1.29 is 28.5 Å². The molecule has 5 atom stereocenters. The fourth-order valence-electron chi connectivity index (χ4n) is 5.01. The van der Waals surface area contributed by atoms with Crippen molar-refractivity contribution in [1.82, 2.24) is 0 Å². The molecule has 3 unspecified atom stereocenters. The maximum Gasteiger partial charge on any atom is 0.338 e. The summed E-state index contributed by atoms with van der Waals surface area (Å²) in [5, 5.41) is 0. The van der Waals surface area contributed by atoms with Gasteiger partial charge in [-0.15, -0.1) is 0 Å². The molecule has 0 bridgehead atoms. The van der Waals surface area contributed by atoms with E-state index >= 15 is 0 Å². The van der Waals surface area contributed by atoms with Gasteiger partial charge in [-0.05, 0) is 69.0 Å². The normalized spacial score (nSPS) is 25.8. The average Bonchev–Trinajstić information content (AvgIpc) is 3.48. The van der Waals surface area contributed by atoms with E-state index in [9.17, 15) is 4.79 Å². The first-order valence-corrected chi connectivity index (χ1v) is 14.5. The van der Waals surface area contributed by atoms with Crippen LogP contribution in [0.4, 0.5) is 0 Å². The van der Waals surface area contributed by atoms with Crippen molar-refractivity contribution in [1.29, 1.82) is 0 Å². The zero-order valence-corrected chi connectivity index (χ0v) is 24.0. The van der Waals surface area contributed by atoms with Gasteiger partial charge in [0.2, 0.25) is 0 Å². The summed E-state index contributed by atoms with van der Waals surface area (Å²) in [6.45, 7) is 4.37. The third kappa shape index (κ3) is 7.78. The SMILES string of the molecule is COc1ccc(CO[C@@H]2CCC[C@@H]2C=CC(OC(=O)c2ccccc2)C2OC(C)(C)OC2CCI)cc1. The molecule has 1 saturated heterocycles. The molecular formula is C30H37IO6. The Hall–Kier alpha value is -1.94. The Morgan fingerprint density at radius 2 is 1.86 bits per heavy atom. The molecule has 1 aliphatic carbocycles. The Kier molecular flexibility index (Phi) is 10.0. The van der Waals surface area contributed by atoms with Crippen LogP contribution in [0, 0.1) is 5.92 Å². The lowest BCUT2D eigenvalue weighted by Crippen LogP contribution is -2.38. The molecule has 200 valence electrons. The molecule has 2 aromatic rings. The monoisotopic (exact) mass is 620 g/mol. The molecule has 1 heterocycles. The average molecular weight is 621 g/mol. The van der Waals surface area contributed by atoms with Crippen molar-refractivity contribution in [3.8, 4) is 5.75 Å². The first-order valence-electron chi connectivity index (χ1n) is 13.0. The number of halogens is 1. The molecule has 0 N–H and O–H groups in total. The lowest BCUT2D eigenvalue weighted by atomic mass is 10.0. The number of carbonyl (C=O) groups excluding carboxylic acids is 1. The van der Waals surface area contributed by atoms with Crippen LogP contribution in [0.15, 0.2) is 66.7 Å². The fourth-order valence-corrected chi connectivity index (χ4v) is 5.63. The number of hydrogen-bond donors (Lipinski definition) is 0. The lowest BCUT2D eigenvalue weighted by Gasteiger charge is -2.25. The number of ether oxygens (including phenoxy) is 5. The summed E-state index contributed by atoms with van der Waals surface area (Å²) < 4.78 is 31.0. The van der Waals surface area contributed by atoms with Crippen molar-refractivity contribution >= 4 is 28.6 Å². The van der Waals surface area contributed by atoms with Crippen molar-refractivity contribution in [2.75, 3.05) is 11.5 Å². The van der Waals surface area contributed by atoms with Crippen LogP contribution in [0.5, 0.6) is 5.75 Å². The van der Waals surface area contributed by atoms with Crippen LogP contribution in [-0.4, -0.2) is 47.7 Å². The largest absolute Gasteiger partial charge is 0.497 e. The second-order valence-corrected chi connectivity index (χ2v) is 11.1. The van der Waals surface area contributed by atoms with Crippen LogP contribution in [0.2, 0.25) is 0 Å². The van der Waals surface area contributed by atoms with Gasteiger partial charge in [-0.1, -0.05) is 65.4 Å². The Balaban J connectivity index is 1.47. The minimum atomic E-state index is -0.732. The first-order chi connectivity index (χ1) is 17.9. The van der Waals surface area contributed by atoms with Gasteiger partial charge in [0.05, 0.1) is 31.5 Å². The van der Waals surface area contributed by atoms with Crippen LogP contribution in [0.1, 0.15) is 55.5 Å². The van der Waals surface area contributed by atoms with Crippen LogP contribution in [0.3, 0.4) is 0 Å². The Bertz CT molecular complexity index is 1020. The zero-order chi connectivity index (χ0) is 26.3. The van der Waals surface area contributed by atoms with E-state index in [1.165, 1.54) is 0 Å². The number of alkyl halides is 1. The molecule has 7 heteroatoms. The number of rotatable bonds is 11. The second kappa shape index (κ2) is 13.2. The molecule has 0 amide bonds. The lowest BCUT2D eigenvalue weighted by molar-refractivity contribution is -0.153. The van der Waals surface area contributed by atoms with E-state index in [2.05, 4.69) is 28.7 Å². The topological polar surface area (TPSA) is 63.2 Å². The molecule has 2 aliphatic rings. The molecule has 0 radical (unpaired) electrons. The van der Waals surface area contributed by atoms with Gasteiger partial charge in [-0.25, -0.2) is 4.79 Å². The van der Waals surface area contributed by atoms with Gasteiger partial charge in [0.1, 0.15) is 18.0 Å². The number of carbonyl (C=O) groups is 1. The van der Waals surface area contributed by atoms with Crippen LogP contribution < -0.4 is 4.74 Å². The van der Waals surface area contributed by atoms with E-state index in [0.29, 0.717) is 12.2 Å². The predicted octanol–water partition coefficient (Wildman–Crippen LogP) is 6.51. The highest BCUT2D eigenvalue weighted by Crippen LogP contribution is 2.35. The maximum absolute atomic E-state index is 13.0. The molecule has 0 aromatic heterocycles. The van der Waals surface area contributed by atoms with Crippen molar-refractivity contribution in [2.45, 2.75) is 76.3 Å². The highest BCUT2D eigenvalue weighted by molar-refractivity contribution is 14.1. The third-order valence-corrected chi connectivity index (χ3v) is 7.49. The maximum atomic E-state index is 13.0. The standard InChI is InChI=1S/C30H37IO6/c1-30(2)36-27(18-19-31)28(37-30)26(35-29(32)23-8-5-4-6-9-23)17-14-22-10-7-11-25(22)34-20-21-12-15-24(33-3)16-13-21/h4-6,8-9,12-17,22,25-28H,7,10-11,18-20H2,1-3H3/t22-,25-,26?,27?,28?/m1/s1. The van der Waals surface area contributed by atoms with Crippen molar-refractivity contribution in [3.63, 3.8) is 0 Å². The van der Waals surface area contributed by atoms with E-state index in [1.54, 1.807) is 19.2 Å². The second-order valence-electron chi connectivity index (χ2n) is 10.0. The highest BCUT2D eigenvalue weighted by atomic mass is 127. The molecule has 1 aliphatic heterocycles. The molecule has 2 fully saturated rings. The summed E-state index contributed by atoms with van der Waals surface area (Å²) in [6, 6.07) is 17.1. The minimum Gasteiger partial charge on any atom is -0.497 e. The third-order valence-electron chi connectivity index (χ3n) is 6.87. The Morgan fingerprint density at radius 3 is 2.57 bits per heavy atom. The molecule has 0 spiro atoms. The van der Waals surface area contributed by atoms with Gasteiger partial charge >= 0.3 is 5.97 Å². The summed E-state index contributed by atoms with van der Waals surface area (Å²) >= 11 is 2.34. The summed E-state index contributed by atoms with van der Waals surface area (Å²) in [6.07, 6.45) is 7.13. The zero-order valence-electron chi connectivity index (χ0n) is 21.8. The number of benzene rings is 2. The van der Waals surface area contributed by atoms with Crippen LogP contribution in [0.25, 0.3) is 0 Å². The number of methoxy groups -OCH3 is 1. The van der Waals surface area contributed by atoms with E-state index in [4.69, 9.17) is 23.7 Å². The van der Waals surface area contributed by atoms with Gasteiger partial charge in [0.15, 0.2) is 5.79 Å². The van der Waals surface area contributed by atoms with Crippen molar-refractivity contribution in [3.05, 3.63) is 77.9 Å². The van der Waals surface area contributed by atoms with Crippen LogP contribution >= 0.6 is 22.6 Å². The summed E-state index contributed by atoms with van der Waals surface area (Å²) in [5.74, 6) is -0.0160. The smallest absolute Gasteiger partial charge is 0.338 e. The highest BCUT2D eigenvalue weighted by Gasteiger charge is 2.45. The molecular weight excluding hydrogens is 583 g/mol. The van der Waals surface area contributed by atoms with Gasteiger partial charge < -0.3 is 23.7 Å². The van der Waals surface area contributed by atoms with Gasteiger partial charge in [-0.2, -0.15) is 0 Å². The molecule has 6 nitrogen and oxygen atoms in total. The van der Waals surface area contributed by atoms with E-state index in [0.717, 1.165) is 41.4 Å². The molecule has 37 heavy (non-hydrogen) atoms. The van der Waals surface area contributed by atoms with Gasteiger partial charge in [0, 0.05) is 10.3 Å². The fraction of sp³-hybridized carbons (Fsp3) is 0.500. The molecule has 2 aromatic carbocycles. The number of esters is 1. The summed E-state index contributed by atoms with van der Waals surface area (Å²) in [4.78, 5) is 13.0. The Morgan fingerprint density at radius 1 is 1.11 bits per heavy atom. The predicted molar refractivity (Wildman–Crippen MR) is 151 cm³/mol. The molecule has 1 saturated carbocycles. The van der Waals surface area contributed by atoms with Crippen molar-refractivity contribution in [2.24, 2.45) is 5.92 Å². The molecule has 4 rings (SSSR count). The van der Waals surface area contributed by atoms with E-state index in [1.807, 2.05) is 62.4 Å². The van der Waals surface area contributed by atoms with Gasteiger partial charge in [-0.3, -0.25) is 0 Å². The quantitative estimate of drug-likeness (QED) is 0.124. The Labute approximate surface area is 233 Å². The number of hydrogen-bond acceptors (Lipinski definition) is 6. The first kappa shape index (κ1) is 28.1. The summed E-state index contributed by atoms with van der Waals surface area (Å²) in [7, 11) is 1.67. The van der Waals surface area contributed by atoms with Crippen LogP contribution in [-0.2, 0) is 25.6 Å². The minimum absolute atomic E-state index is 0.117. The van der Waals surface area contributed by atoms with Gasteiger partial charge in [0.25, 0.3) is 0 Å². The van der Waals surface area contributed by atoms with E-state index < -0.39 is 11.9 Å². The van der Waals surface area contributed by atoms with E-state index in [-0.39, 0.29) is 30.2 Å². The summed E-state index contributed by atoms with van der Waals surface area (Å²) in [5.41, 5.74) is 1.64.